The number of ether oxygens (including phenoxy) is 2. The first kappa shape index (κ1) is 12.4. The van der Waals surface area contributed by atoms with Gasteiger partial charge in [0.05, 0.1) is 25.4 Å². The Balaban J connectivity index is 1.98. The Bertz CT molecular complexity index is 361. The molecule has 0 aromatic heterocycles. The van der Waals surface area contributed by atoms with Crippen LogP contribution in [-0.4, -0.2) is 25.4 Å². The number of rotatable bonds is 5. The summed E-state index contributed by atoms with van der Waals surface area (Å²) in [5.74, 6) is 0.941. The minimum absolute atomic E-state index is 0.216. The van der Waals surface area contributed by atoms with Gasteiger partial charge in [-0.2, -0.15) is 0 Å². The molecule has 3 nitrogen and oxygen atoms in total. The lowest BCUT2D eigenvalue weighted by Crippen LogP contribution is -2.46. The molecule has 0 amide bonds. The standard InChI is InChI=1S/C14H21NO2/c1-10(2)17-14-6-4-5-12(7-14)11(3)15-13-8-16-9-13/h4-7,10-11,13,15H,8-9H2,1-3H3. The monoisotopic (exact) mass is 235 g/mol. The van der Waals surface area contributed by atoms with Gasteiger partial charge in [0.1, 0.15) is 5.75 Å². The maximum atomic E-state index is 5.70. The largest absolute Gasteiger partial charge is 0.491 e. The van der Waals surface area contributed by atoms with Crippen LogP contribution in [0.3, 0.4) is 0 Å². The molecule has 3 heteroatoms. The van der Waals surface area contributed by atoms with Gasteiger partial charge in [0.15, 0.2) is 0 Å². The van der Waals surface area contributed by atoms with E-state index in [-0.39, 0.29) is 6.10 Å². The molecule has 0 spiro atoms. The summed E-state index contributed by atoms with van der Waals surface area (Å²) >= 11 is 0. The molecule has 1 aromatic rings. The lowest BCUT2D eigenvalue weighted by molar-refractivity contribution is -0.00926. The quantitative estimate of drug-likeness (QED) is 0.850. The average molecular weight is 235 g/mol. The number of hydrogen-bond acceptors (Lipinski definition) is 3. The van der Waals surface area contributed by atoms with E-state index in [9.17, 15) is 0 Å². The van der Waals surface area contributed by atoms with Crippen molar-refractivity contribution in [2.75, 3.05) is 13.2 Å². The number of nitrogens with one attached hydrogen (secondary N) is 1. The summed E-state index contributed by atoms with van der Waals surface area (Å²) in [6.07, 6.45) is 0.216. The minimum Gasteiger partial charge on any atom is -0.491 e. The van der Waals surface area contributed by atoms with Gasteiger partial charge in [-0.05, 0) is 38.5 Å². The van der Waals surface area contributed by atoms with Crippen LogP contribution in [0.1, 0.15) is 32.4 Å². The van der Waals surface area contributed by atoms with Crippen LogP contribution in [0, 0.1) is 0 Å². The van der Waals surface area contributed by atoms with Crippen LogP contribution in [-0.2, 0) is 4.74 Å². The van der Waals surface area contributed by atoms with E-state index in [1.165, 1.54) is 5.56 Å². The first-order valence-electron chi connectivity index (χ1n) is 6.25. The fraction of sp³-hybridized carbons (Fsp3) is 0.571. The lowest BCUT2D eigenvalue weighted by Gasteiger charge is -2.30. The van der Waals surface area contributed by atoms with E-state index in [0.717, 1.165) is 19.0 Å². The molecule has 1 fully saturated rings. The maximum absolute atomic E-state index is 5.70. The minimum atomic E-state index is 0.216. The Labute approximate surface area is 103 Å². The highest BCUT2D eigenvalue weighted by Crippen LogP contribution is 2.21. The first-order valence-corrected chi connectivity index (χ1v) is 6.25. The summed E-state index contributed by atoms with van der Waals surface area (Å²) in [5.41, 5.74) is 1.26. The highest BCUT2D eigenvalue weighted by atomic mass is 16.5. The van der Waals surface area contributed by atoms with Crippen molar-refractivity contribution in [1.29, 1.82) is 0 Å². The number of hydrogen-bond donors (Lipinski definition) is 1. The summed E-state index contributed by atoms with van der Waals surface area (Å²) in [5, 5.41) is 3.53. The molecule has 94 valence electrons. The van der Waals surface area contributed by atoms with E-state index in [1.807, 2.05) is 26.0 Å². The summed E-state index contributed by atoms with van der Waals surface area (Å²) in [6, 6.07) is 9.12. The van der Waals surface area contributed by atoms with Gasteiger partial charge < -0.3 is 14.8 Å². The molecule has 2 rings (SSSR count). The normalized spacial score (nSPS) is 17.9. The molecule has 17 heavy (non-hydrogen) atoms. The molecular weight excluding hydrogens is 214 g/mol. The predicted octanol–water partition coefficient (Wildman–Crippen LogP) is 2.52. The van der Waals surface area contributed by atoms with Gasteiger partial charge in [-0.3, -0.25) is 0 Å². The Morgan fingerprint density at radius 1 is 1.29 bits per heavy atom. The Morgan fingerprint density at radius 2 is 2.06 bits per heavy atom. The van der Waals surface area contributed by atoms with Crippen LogP contribution in [0.4, 0.5) is 0 Å². The van der Waals surface area contributed by atoms with Gasteiger partial charge in [-0.1, -0.05) is 12.1 Å². The SMILES string of the molecule is CC(C)Oc1cccc(C(C)NC2COC2)c1. The van der Waals surface area contributed by atoms with E-state index >= 15 is 0 Å². The van der Waals surface area contributed by atoms with E-state index in [0.29, 0.717) is 12.1 Å². The fourth-order valence-corrected chi connectivity index (χ4v) is 1.91. The van der Waals surface area contributed by atoms with Crippen LogP contribution in [0.5, 0.6) is 5.75 Å². The molecule has 1 heterocycles. The molecule has 1 saturated heterocycles. The van der Waals surface area contributed by atoms with Crippen molar-refractivity contribution < 1.29 is 9.47 Å². The molecule has 1 aliphatic heterocycles. The molecule has 0 bridgehead atoms. The van der Waals surface area contributed by atoms with Crippen molar-refractivity contribution in [3.8, 4) is 5.75 Å². The number of benzene rings is 1. The third-order valence-electron chi connectivity index (χ3n) is 2.85. The summed E-state index contributed by atoms with van der Waals surface area (Å²) in [7, 11) is 0. The van der Waals surface area contributed by atoms with Crippen LogP contribution in [0.15, 0.2) is 24.3 Å². The fourth-order valence-electron chi connectivity index (χ4n) is 1.91. The van der Waals surface area contributed by atoms with Crippen LogP contribution in [0.2, 0.25) is 0 Å². The van der Waals surface area contributed by atoms with Crippen molar-refractivity contribution in [3.05, 3.63) is 29.8 Å². The molecule has 1 atom stereocenters. The van der Waals surface area contributed by atoms with E-state index in [1.54, 1.807) is 0 Å². The molecular formula is C14H21NO2. The Morgan fingerprint density at radius 3 is 2.65 bits per heavy atom. The van der Waals surface area contributed by atoms with Crippen molar-refractivity contribution in [2.24, 2.45) is 0 Å². The van der Waals surface area contributed by atoms with E-state index in [4.69, 9.17) is 9.47 Å². The Hall–Kier alpha value is -1.06. The van der Waals surface area contributed by atoms with Gasteiger partial charge in [0.25, 0.3) is 0 Å². The van der Waals surface area contributed by atoms with Gasteiger partial charge in [-0.25, -0.2) is 0 Å². The van der Waals surface area contributed by atoms with Gasteiger partial charge >= 0.3 is 0 Å². The zero-order valence-electron chi connectivity index (χ0n) is 10.8. The third-order valence-corrected chi connectivity index (χ3v) is 2.85. The van der Waals surface area contributed by atoms with Crippen molar-refractivity contribution in [1.82, 2.24) is 5.32 Å². The lowest BCUT2D eigenvalue weighted by atomic mass is 10.1. The van der Waals surface area contributed by atoms with Crippen LogP contribution in [0.25, 0.3) is 0 Å². The van der Waals surface area contributed by atoms with Crippen molar-refractivity contribution in [2.45, 2.75) is 39.0 Å². The van der Waals surface area contributed by atoms with Crippen LogP contribution >= 0.6 is 0 Å². The smallest absolute Gasteiger partial charge is 0.120 e. The summed E-state index contributed by atoms with van der Waals surface area (Å²) < 4.78 is 10.9. The molecule has 1 N–H and O–H groups in total. The second-order valence-corrected chi connectivity index (χ2v) is 4.86. The van der Waals surface area contributed by atoms with E-state index < -0.39 is 0 Å². The topological polar surface area (TPSA) is 30.5 Å². The zero-order chi connectivity index (χ0) is 12.3. The molecule has 1 aliphatic rings. The predicted molar refractivity (Wildman–Crippen MR) is 68.4 cm³/mol. The highest BCUT2D eigenvalue weighted by Gasteiger charge is 2.20. The third kappa shape index (κ3) is 3.45. The Kier molecular flexibility index (Phi) is 4.02. The second kappa shape index (κ2) is 5.52. The average Bonchev–Trinajstić information content (AvgIpc) is 2.22. The van der Waals surface area contributed by atoms with Gasteiger partial charge in [0, 0.05) is 6.04 Å². The van der Waals surface area contributed by atoms with Gasteiger partial charge in [-0.15, -0.1) is 0 Å². The van der Waals surface area contributed by atoms with Gasteiger partial charge in [0.2, 0.25) is 0 Å². The summed E-state index contributed by atoms with van der Waals surface area (Å²) in [4.78, 5) is 0. The summed E-state index contributed by atoms with van der Waals surface area (Å²) in [6.45, 7) is 7.91. The van der Waals surface area contributed by atoms with Crippen molar-refractivity contribution >= 4 is 0 Å². The molecule has 0 radical (unpaired) electrons. The zero-order valence-corrected chi connectivity index (χ0v) is 10.8. The molecule has 0 saturated carbocycles. The molecule has 1 unspecified atom stereocenters. The first-order chi connectivity index (χ1) is 8.15. The van der Waals surface area contributed by atoms with E-state index in [2.05, 4.69) is 24.4 Å². The highest BCUT2D eigenvalue weighted by molar-refractivity contribution is 5.30. The maximum Gasteiger partial charge on any atom is 0.120 e. The second-order valence-electron chi connectivity index (χ2n) is 4.86. The molecule has 1 aromatic carbocycles. The molecule has 0 aliphatic carbocycles. The van der Waals surface area contributed by atoms with Crippen LogP contribution < -0.4 is 10.1 Å². The van der Waals surface area contributed by atoms with Crippen molar-refractivity contribution in [3.63, 3.8) is 0 Å².